The van der Waals surface area contributed by atoms with Crippen molar-refractivity contribution in [3.8, 4) is 0 Å². The molecule has 0 unspecified atom stereocenters. The molecule has 11 nitrogen and oxygen atoms in total. The number of hydrogen-bond acceptors (Lipinski definition) is 9. The second-order valence-electron chi connectivity index (χ2n) is 6.72. The third kappa shape index (κ3) is 6.88. The number of carbonyl (C=O) groups is 2. The average molecular weight is 567 g/mol. The van der Waals surface area contributed by atoms with Gasteiger partial charge in [0, 0.05) is 17.1 Å². The third-order valence-corrected chi connectivity index (χ3v) is 8.72. The number of carboxylic acids is 1. The molecule has 2 aromatic heterocycles. The molecule has 0 saturated carbocycles. The Morgan fingerprint density at radius 2 is 1.42 bits per heavy atom. The van der Waals surface area contributed by atoms with Gasteiger partial charge in [-0.1, -0.05) is 18.2 Å². The second-order valence-corrected chi connectivity index (χ2v) is 11.9. The minimum atomic E-state index is -3.75. The van der Waals surface area contributed by atoms with Gasteiger partial charge >= 0.3 is 5.97 Å². The molecule has 0 radical (unpaired) electrons. The Labute approximate surface area is 214 Å². The molecule has 0 fully saturated rings. The van der Waals surface area contributed by atoms with Crippen molar-refractivity contribution in [1.82, 2.24) is 4.98 Å². The number of sulfonamides is 2. The summed E-state index contributed by atoms with van der Waals surface area (Å²) >= 11 is 2.14. The summed E-state index contributed by atoms with van der Waals surface area (Å²) in [5.41, 5.74) is 5.40. The van der Waals surface area contributed by atoms with E-state index < -0.39 is 31.9 Å². The van der Waals surface area contributed by atoms with Crippen LogP contribution in [-0.4, -0.2) is 38.8 Å². The zero-order valence-corrected chi connectivity index (χ0v) is 21.3. The third-order valence-electron chi connectivity index (χ3n) is 4.26. The smallest absolute Gasteiger partial charge is 0.348 e. The number of aromatic nitrogens is 1. The summed E-state index contributed by atoms with van der Waals surface area (Å²) < 4.78 is 52.4. The first-order chi connectivity index (χ1) is 17.0. The Balaban J connectivity index is 0.000000201. The number of benzene rings is 2. The standard InChI is InChI=1S/C11H9NO4S2.C10H9N3O3S2/c13-11(14)10-9(6-7-17-10)12-18(15,16)8-4-2-1-3-5-8;11-9(14)7-1-3-8(4-2-7)18(15,16)13-10-12-5-6-17-10/h1-7,12H,(H,13,14);1-6H,(H2,11,14)(H,12,13). The fourth-order valence-electron chi connectivity index (χ4n) is 2.60. The number of nitrogens with zero attached hydrogens (tertiary/aromatic N) is 1. The van der Waals surface area contributed by atoms with Crippen LogP contribution in [0.15, 0.2) is 87.4 Å². The van der Waals surface area contributed by atoms with Crippen molar-refractivity contribution in [2.75, 3.05) is 9.44 Å². The lowest BCUT2D eigenvalue weighted by Gasteiger charge is -2.07. The van der Waals surface area contributed by atoms with Crippen molar-refractivity contribution in [2.24, 2.45) is 5.73 Å². The van der Waals surface area contributed by atoms with Crippen LogP contribution >= 0.6 is 22.7 Å². The van der Waals surface area contributed by atoms with Gasteiger partial charge in [0.05, 0.1) is 15.5 Å². The monoisotopic (exact) mass is 566 g/mol. The largest absolute Gasteiger partial charge is 0.477 e. The zero-order chi connectivity index (χ0) is 26.3. The Kier molecular flexibility index (Phi) is 8.41. The molecule has 0 spiro atoms. The molecule has 4 aromatic rings. The first-order valence-electron chi connectivity index (χ1n) is 9.70. The minimum Gasteiger partial charge on any atom is -0.477 e. The van der Waals surface area contributed by atoms with Gasteiger partial charge < -0.3 is 10.8 Å². The number of hydrogen-bond donors (Lipinski definition) is 4. The molecule has 36 heavy (non-hydrogen) atoms. The van der Waals surface area contributed by atoms with Crippen molar-refractivity contribution in [3.05, 3.63) is 88.1 Å². The highest BCUT2D eigenvalue weighted by Crippen LogP contribution is 2.25. The number of nitrogens with two attached hydrogens (primary N) is 1. The molecule has 5 N–H and O–H groups in total. The lowest BCUT2D eigenvalue weighted by Crippen LogP contribution is -2.14. The Morgan fingerprint density at radius 3 is 1.97 bits per heavy atom. The van der Waals surface area contributed by atoms with Crippen LogP contribution in [0.25, 0.3) is 0 Å². The molecular weight excluding hydrogens is 549 g/mol. The van der Waals surface area contributed by atoms with Crippen LogP contribution in [0.3, 0.4) is 0 Å². The maximum absolute atomic E-state index is 12.0. The molecule has 0 saturated heterocycles. The molecule has 0 atom stereocenters. The molecule has 15 heteroatoms. The Bertz CT molecular complexity index is 1550. The number of carboxylic acid groups (broad SMARTS) is 1. The van der Waals surface area contributed by atoms with Crippen LogP contribution in [-0.2, 0) is 20.0 Å². The Hall–Kier alpha value is -3.79. The number of amides is 1. The van der Waals surface area contributed by atoms with Gasteiger partial charge in [-0.25, -0.2) is 26.6 Å². The second kappa shape index (κ2) is 11.3. The summed E-state index contributed by atoms with van der Waals surface area (Å²) in [6, 6.07) is 14.6. The van der Waals surface area contributed by atoms with Crippen LogP contribution in [0.5, 0.6) is 0 Å². The van der Waals surface area contributed by atoms with Crippen LogP contribution in [0.1, 0.15) is 20.0 Å². The van der Waals surface area contributed by atoms with Crippen LogP contribution in [0, 0.1) is 0 Å². The maximum atomic E-state index is 12.0. The zero-order valence-electron chi connectivity index (χ0n) is 18.1. The number of primary amides is 1. The highest BCUT2D eigenvalue weighted by Gasteiger charge is 2.19. The first-order valence-corrected chi connectivity index (χ1v) is 14.4. The van der Waals surface area contributed by atoms with E-state index in [1.165, 1.54) is 65.4 Å². The average Bonchev–Trinajstić information content (AvgIpc) is 3.52. The highest BCUT2D eigenvalue weighted by molar-refractivity contribution is 7.93. The molecule has 0 bridgehead atoms. The predicted octanol–water partition coefficient (Wildman–Crippen LogP) is 3.29. The lowest BCUT2D eigenvalue weighted by atomic mass is 10.2. The van der Waals surface area contributed by atoms with E-state index in [9.17, 15) is 26.4 Å². The van der Waals surface area contributed by atoms with E-state index in [0.717, 1.165) is 11.3 Å². The molecular formula is C21H18N4O7S4. The van der Waals surface area contributed by atoms with Gasteiger partial charge in [-0.3, -0.25) is 14.2 Å². The van der Waals surface area contributed by atoms with E-state index in [4.69, 9.17) is 10.8 Å². The van der Waals surface area contributed by atoms with E-state index in [0.29, 0.717) is 0 Å². The topological polar surface area (TPSA) is 186 Å². The van der Waals surface area contributed by atoms with Crippen LogP contribution in [0.2, 0.25) is 0 Å². The van der Waals surface area contributed by atoms with E-state index in [1.807, 2.05) is 0 Å². The fourth-order valence-corrected chi connectivity index (χ4v) is 6.24. The summed E-state index contributed by atoms with van der Waals surface area (Å²) in [5.74, 6) is -1.76. The predicted molar refractivity (Wildman–Crippen MR) is 136 cm³/mol. The first kappa shape index (κ1) is 26.8. The van der Waals surface area contributed by atoms with E-state index in [1.54, 1.807) is 23.6 Å². The van der Waals surface area contributed by atoms with E-state index >= 15 is 0 Å². The SMILES string of the molecule is NC(=O)c1ccc(S(=O)(=O)Nc2nccs2)cc1.O=C(O)c1sccc1NS(=O)(=O)c1ccccc1. The molecule has 0 aliphatic rings. The van der Waals surface area contributed by atoms with Gasteiger partial charge in [-0.2, -0.15) is 0 Å². The van der Waals surface area contributed by atoms with Crippen LogP contribution < -0.4 is 15.2 Å². The summed E-state index contributed by atoms with van der Waals surface area (Å²) in [7, 11) is -7.43. The fraction of sp³-hybridized carbons (Fsp3) is 0. The van der Waals surface area contributed by atoms with E-state index in [2.05, 4.69) is 14.4 Å². The maximum Gasteiger partial charge on any atom is 0.348 e. The number of carbonyl (C=O) groups excluding carboxylic acids is 1. The molecule has 2 heterocycles. The molecule has 188 valence electrons. The Morgan fingerprint density at radius 1 is 0.806 bits per heavy atom. The summed E-state index contributed by atoms with van der Waals surface area (Å²) in [5, 5.41) is 12.4. The van der Waals surface area contributed by atoms with Gasteiger partial charge in [0.2, 0.25) is 5.91 Å². The summed E-state index contributed by atoms with van der Waals surface area (Å²) in [4.78, 5) is 25.7. The van der Waals surface area contributed by atoms with Gasteiger partial charge in [0.25, 0.3) is 20.0 Å². The molecule has 2 aromatic carbocycles. The van der Waals surface area contributed by atoms with Gasteiger partial charge in [-0.15, -0.1) is 22.7 Å². The molecule has 4 rings (SSSR count). The quantitative estimate of drug-likeness (QED) is 0.250. The van der Waals surface area contributed by atoms with Crippen molar-refractivity contribution >= 4 is 65.4 Å². The van der Waals surface area contributed by atoms with E-state index in [-0.39, 0.29) is 31.1 Å². The lowest BCUT2D eigenvalue weighted by molar-refractivity contribution is 0.0703. The highest BCUT2D eigenvalue weighted by atomic mass is 32.2. The van der Waals surface area contributed by atoms with Gasteiger partial charge in [-0.05, 0) is 47.8 Å². The van der Waals surface area contributed by atoms with Crippen molar-refractivity contribution in [3.63, 3.8) is 0 Å². The number of thiophene rings is 1. The van der Waals surface area contributed by atoms with Gasteiger partial charge in [0.15, 0.2) is 5.13 Å². The van der Waals surface area contributed by atoms with Gasteiger partial charge in [0.1, 0.15) is 4.88 Å². The number of thiazole rings is 1. The van der Waals surface area contributed by atoms with Crippen molar-refractivity contribution in [2.45, 2.75) is 9.79 Å². The number of rotatable bonds is 8. The van der Waals surface area contributed by atoms with Crippen molar-refractivity contribution in [1.29, 1.82) is 0 Å². The summed E-state index contributed by atoms with van der Waals surface area (Å²) in [6.45, 7) is 0. The molecule has 0 aliphatic carbocycles. The number of anilines is 2. The minimum absolute atomic E-state index is 0.0329. The number of nitrogens with one attached hydrogen (secondary N) is 2. The summed E-state index contributed by atoms with van der Waals surface area (Å²) in [6.07, 6.45) is 1.50. The number of aromatic carboxylic acids is 1. The van der Waals surface area contributed by atoms with Crippen molar-refractivity contribution < 1.29 is 31.5 Å². The normalized spacial score (nSPS) is 11.1. The molecule has 1 amide bonds. The van der Waals surface area contributed by atoms with Crippen LogP contribution in [0.4, 0.5) is 10.8 Å². The molecule has 0 aliphatic heterocycles.